The number of hydrogen-bond donors (Lipinski definition) is 1. The van der Waals surface area contributed by atoms with E-state index in [1.807, 2.05) is 0 Å². The number of phenolic OH excluding ortho intramolecular Hbond substituents is 1. The summed E-state index contributed by atoms with van der Waals surface area (Å²) in [6.07, 6.45) is 0. The first-order chi connectivity index (χ1) is 7.56. The topological polar surface area (TPSA) is 72.6 Å². The predicted molar refractivity (Wildman–Crippen MR) is 51.1 cm³/mol. The molecule has 0 radical (unpaired) electrons. The summed E-state index contributed by atoms with van der Waals surface area (Å²) in [5.74, 6) is -1.35. The standard InChI is InChI=1S/C10H8FNO4/c1-5(13)15-4-9-12-8-3-6(14)2-7(11)10(8)16-9/h2-3,14H,4H2,1H3. The number of nitrogens with zero attached hydrogens (tertiary/aromatic N) is 1. The summed E-state index contributed by atoms with van der Waals surface area (Å²) in [4.78, 5) is 14.4. The number of carbonyl (C=O) groups excluding carboxylic acids is 1. The van der Waals surface area contributed by atoms with Crippen molar-refractivity contribution >= 4 is 17.1 Å². The Morgan fingerprint density at radius 1 is 1.62 bits per heavy atom. The number of oxazole rings is 1. The number of esters is 1. The molecular formula is C10H8FNO4. The van der Waals surface area contributed by atoms with Crippen LogP contribution in [0.2, 0.25) is 0 Å². The summed E-state index contributed by atoms with van der Waals surface area (Å²) < 4.78 is 22.9. The smallest absolute Gasteiger partial charge is 0.303 e. The molecule has 0 saturated carbocycles. The maximum Gasteiger partial charge on any atom is 0.303 e. The highest BCUT2D eigenvalue weighted by molar-refractivity contribution is 5.75. The number of rotatable bonds is 2. The molecule has 2 rings (SSSR count). The van der Waals surface area contributed by atoms with Gasteiger partial charge in [-0.05, 0) is 0 Å². The molecule has 1 aromatic carbocycles. The summed E-state index contributed by atoms with van der Waals surface area (Å²) in [5, 5.41) is 9.13. The van der Waals surface area contributed by atoms with Crippen LogP contribution < -0.4 is 0 Å². The number of phenols is 1. The Morgan fingerprint density at radius 2 is 2.38 bits per heavy atom. The molecule has 0 unspecified atom stereocenters. The predicted octanol–water partition coefficient (Wildman–Crippen LogP) is 1.74. The van der Waals surface area contributed by atoms with Crippen LogP contribution >= 0.6 is 0 Å². The molecule has 1 N–H and O–H groups in total. The molecule has 16 heavy (non-hydrogen) atoms. The molecule has 0 aliphatic carbocycles. The quantitative estimate of drug-likeness (QED) is 0.788. The van der Waals surface area contributed by atoms with Crippen LogP contribution in [0.25, 0.3) is 11.1 Å². The molecule has 0 saturated heterocycles. The van der Waals surface area contributed by atoms with Crippen LogP contribution in [0.3, 0.4) is 0 Å². The largest absolute Gasteiger partial charge is 0.508 e. The van der Waals surface area contributed by atoms with Gasteiger partial charge in [0.1, 0.15) is 11.3 Å². The zero-order chi connectivity index (χ0) is 11.7. The lowest BCUT2D eigenvalue weighted by molar-refractivity contribution is -0.142. The third-order valence-corrected chi connectivity index (χ3v) is 1.87. The van der Waals surface area contributed by atoms with Crippen LogP contribution in [-0.4, -0.2) is 16.1 Å². The van der Waals surface area contributed by atoms with Gasteiger partial charge in [-0.2, -0.15) is 0 Å². The number of halogens is 1. The normalized spacial score (nSPS) is 10.6. The minimum absolute atomic E-state index is 0.0695. The van der Waals surface area contributed by atoms with Gasteiger partial charge in [-0.1, -0.05) is 0 Å². The monoisotopic (exact) mass is 225 g/mol. The fourth-order valence-corrected chi connectivity index (χ4v) is 1.25. The zero-order valence-corrected chi connectivity index (χ0v) is 8.36. The van der Waals surface area contributed by atoms with Crippen molar-refractivity contribution in [2.75, 3.05) is 0 Å². The maximum atomic E-state index is 13.3. The molecule has 6 heteroatoms. The molecule has 0 bridgehead atoms. The summed E-state index contributed by atoms with van der Waals surface area (Å²) in [5.41, 5.74) is 0.111. The van der Waals surface area contributed by atoms with E-state index in [9.17, 15) is 9.18 Å². The van der Waals surface area contributed by atoms with E-state index in [0.717, 1.165) is 6.07 Å². The molecule has 84 valence electrons. The van der Waals surface area contributed by atoms with Crippen molar-refractivity contribution in [2.24, 2.45) is 0 Å². The first kappa shape index (κ1) is 10.4. The fraction of sp³-hybridized carbons (Fsp3) is 0.200. The Labute approximate surface area is 89.5 Å². The number of carbonyl (C=O) groups is 1. The van der Waals surface area contributed by atoms with E-state index in [1.165, 1.54) is 13.0 Å². The summed E-state index contributed by atoms with van der Waals surface area (Å²) in [6, 6.07) is 2.18. The van der Waals surface area contributed by atoms with Gasteiger partial charge in [0.2, 0.25) is 5.89 Å². The third-order valence-electron chi connectivity index (χ3n) is 1.87. The molecule has 1 aromatic heterocycles. The van der Waals surface area contributed by atoms with Gasteiger partial charge >= 0.3 is 5.97 Å². The van der Waals surface area contributed by atoms with Crippen molar-refractivity contribution < 1.29 is 23.4 Å². The molecule has 0 fully saturated rings. The van der Waals surface area contributed by atoms with E-state index in [-0.39, 0.29) is 29.3 Å². The Balaban J connectivity index is 2.36. The van der Waals surface area contributed by atoms with Gasteiger partial charge < -0.3 is 14.3 Å². The Hall–Kier alpha value is -2.11. The number of fused-ring (bicyclic) bond motifs is 1. The van der Waals surface area contributed by atoms with E-state index >= 15 is 0 Å². The van der Waals surface area contributed by atoms with Crippen molar-refractivity contribution in [3.8, 4) is 5.75 Å². The van der Waals surface area contributed by atoms with Gasteiger partial charge in [0.15, 0.2) is 18.0 Å². The second-order valence-electron chi connectivity index (χ2n) is 3.16. The Kier molecular flexibility index (Phi) is 2.47. The van der Waals surface area contributed by atoms with E-state index in [2.05, 4.69) is 9.72 Å². The first-order valence-corrected chi connectivity index (χ1v) is 4.47. The van der Waals surface area contributed by atoms with Crippen molar-refractivity contribution in [1.82, 2.24) is 4.98 Å². The SMILES string of the molecule is CC(=O)OCc1nc2cc(O)cc(F)c2o1. The van der Waals surface area contributed by atoms with E-state index in [4.69, 9.17) is 9.52 Å². The summed E-state index contributed by atoms with van der Waals surface area (Å²) in [6.45, 7) is 1.08. The number of ether oxygens (including phenoxy) is 1. The van der Waals surface area contributed by atoms with Crippen LogP contribution in [0, 0.1) is 5.82 Å². The minimum Gasteiger partial charge on any atom is -0.508 e. The average Bonchev–Trinajstić information content (AvgIpc) is 2.57. The lowest BCUT2D eigenvalue weighted by Crippen LogP contribution is -1.98. The van der Waals surface area contributed by atoms with Crippen molar-refractivity contribution in [3.63, 3.8) is 0 Å². The number of aromatic hydroxyl groups is 1. The first-order valence-electron chi connectivity index (χ1n) is 4.47. The number of hydrogen-bond acceptors (Lipinski definition) is 5. The highest BCUT2D eigenvalue weighted by atomic mass is 19.1. The Bertz CT molecular complexity index is 549. The molecule has 0 spiro atoms. The van der Waals surface area contributed by atoms with Crippen LogP contribution in [0.5, 0.6) is 5.75 Å². The molecular weight excluding hydrogens is 217 g/mol. The van der Waals surface area contributed by atoms with Gasteiger partial charge in [0, 0.05) is 19.1 Å². The van der Waals surface area contributed by atoms with Crippen LogP contribution in [0.1, 0.15) is 12.8 Å². The van der Waals surface area contributed by atoms with E-state index < -0.39 is 11.8 Å². The summed E-state index contributed by atoms with van der Waals surface area (Å²) >= 11 is 0. The fourth-order valence-electron chi connectivity index (χ4n) is 1.25. The maximum absolute atomic E-state index is 13.3. The van der Waals surface area contributed by atoms with Gasteiger partial charge in [0.05, 0.1) is 0 Å². The van der Waals surface area contributed by atoms with Crippen LogP contribution in [0.15, 0.2) is 16.5 Å². The molecule has 0 aliphatic rings. The highest BCUT2D eigenvalue weighted by Gasteiger charge is 2.12. The summed E-state index contributed by atoms with van der Waals surface area (Å²) in [7, 11) is 0. The zero-order valence-electron chi connectivity index (χ0n) is 8.36. The molecule has 5 nitrogen and oxygen atoms in total. The minimum atomic E-state index is -0.712. The van der Waals surface area contributed by atoms with Crippen molar-refractivity contribution in [3.05, 3.63) is 23.8 Å². The molecule has 1 heterocycles. The van der Waals surface area contributed by atoms with Gasteiger partial charge in [-0.15, -0.1) is 0 Å². The van der Waals surface area contributed by atoms with Crippen LogP contribution in [0.4, 0.5) is 4.39 Å². The second-order valence-corrected chi connectivity index (χ2v) is 3.16. The van der Waals surface area contributed by atoms with Crippen molar-refractivity contribution in [1.29, 1.82) is 0 Å². The van der Waals surface area contributed by atoms with Crippen molar-refractivity contribution in [2.45, 2.75) is 13.5 Å². The van der Waals surface area contributed by atoms with Gasteiger partial charge in [0.25, 0.3) is 0 Å². The van der Waals surface area contributed by atoms with E-state index in [0.29, 0.717) is 0 Å². The third kappa shape index (κ3) is 1.95. The number of aromatic nitrogens is 1. The van der Waals surface area contributed by atoms with E-state index in [1.54, 1.807) is 0 Å². The average molecular weight is 225 g/mol. The van der Waals surface area contributed by atoms with Gasteiger partial charge in [-0.3, -0.25) is 4.79 Å². The van der Waals surface area contributed by atoms with Crippen LogP contribution in [-0.2, 0) is 16.1 Å². The second kappa shape index (κ2) is 3.80. The molecule has 0 aliphatic heterocycles. The number of benzene rings is 1. The lowest BCUT2D eigenvalue weighted by atomic mass is 10.3. The lowest BCUT2D eigenvalue weighted by Gasteiger charge is -1.94. The molecule has 0 atom stereocenters. The molecule has 0 amide bonds. The highest BCUT2D eigenvalue weighted by Crippen LogP contribution is 2.24. The molecule has 2 aromatic rings. The Morgan fingerprint density at radius 3 is 3.06 bits per heavy atom. The van der Waals surface area contributed by atoms with Gasteiger partial charge in [-0.25, -0.2) is 9.37 Å².